The standard InChI is InChI=1S/C7H12N2OS/c1-3-6(10)5(2)7-8-4-9-11-7/h4-6,10H,3H2,1-2H3. The molecule has 0 saturated heterocycles. The summed E-state index contributed by atoms with van der Waals surface area (Å²) < 4.78 is 3.88. The molecule has 0 saturated carbocycles. The molecule has 1 heterocycles. The fourth-order valence-corrected chi connectivity index (χ4v) is 1.52. The molecule has 0 bridgehead atoms. The van der Waals surface area contributed by atoms with Crippen molar-refractivity contribution >= 4 is 11.5 Å². The summed E-state index contributed by atoms with van der Waals surface area (Å²) in [6.07, 6.45) is 2.00. The SMILES string of the molecule is CCC(O)C(C)c1ncns1. The van der Waals surface area contributed by atoms with Crippen LogP contribution in [-0.2, 0) is 0 Å². The van der Waals surface area contributed by atoms with Crippen LogP contribution in [0.5, 0.6) is 0 Å². The smallest absolute Gasteiger partial charge is 0.129 e. The highest BCUT2D eigenvalue weighted by molar-refractivity contribution is 7.05. The monoisotopic (exact) mass is 172 g/mol. The number of hydrogen-bond acceptors (Lipinski definition) is 4. The van der Waals surface area contributed by atoms with E-state index in [-0.39, 0.29) is 12.0 Å². The fraction of sp³-hybridized carbons (Fsp3) is 0.714. The van der Waals surface area contributed by atoms with Gasteiger partial charge in [0.05, 0.1) is 6.10 Å². The zero-order chi connectivity index (χ0) is 8.27. The van der Waals surface area contributed by atoms with Crippen LogP contribution in [0.3, 0.4) is 0 Å². The molecule has 1 rings (SSSR count). The molecule has 0 radical (unpaired) electrons. The lowest BCUT2D eigenvalue weighted by atomic mass is 10.0. The van der Waals surface area contributed by atoms with Crippen molar-refractivity contribution in [2.45, 2.75) is 32.3 Å². The van der Waals surface area contributed by atoms with Crippen LogP contribution >= 0.6 is 11.5 Å². The van der Waals surface area contributed by atoms with Crippen molar-refractivity contribution in [2.75, 3.05) is 0 Å². The third-order valence-corrected chi connectivity index (χ3v) is 2.63. The van der Waals surface area contributed by atoms with Gasteiger partial charge in [-0.05, 0) is 18.0 Å². The normalized spacial score (nSPS) is 16.3. The van der Waals surface area contributed by atoms with Crippen LogP contribution in [0.4, 0.5) is 0 Å². The van der Waals surface area contributed by atoms with Gasteiger partial charge in [-0.2, -0.15) is 4.37 Å². The molecule has 2 atom stereocenters. The third-order valence-electron chi connectivity index (χ3n) is 1.76. The Kier molecular flexibility index (Phi) is 2.96. The van der Waals surface area contributed by atoms with Gasteiger partial charge in [-0.1, -0.05) is 13.8 Å². The first kappa shape index (κ1) is 8.62. The van der Waals surface area contributed by atoms with E-state index < -0.39 is 0 Å². The number of aromatic nitrogens is 2. The summed E-state index contributed by atoms with van der Waals surface area (Å²) in [5, 5.41) is 10.4. The molecule has 0 aliphatic carbocycles. The predicted molar refractivity (Wildman–Crippen MR) is 44.6 cm³/mol. The van der Waals surface area contributed by atoms with Crippen molar-refractivity contribution in [3.63, 3.8) is 0 Å². The molecule has 2 unspecified atom stereocenters. The maximum atomic E-state index is 9.44. The molecule has 3 nitrogen and oxygen atoms in total. The van der Waals surface area contributed by atoms with E-state index in [1.165, 1.54) is 17.9 Å². The Hall–Kier alpha value is -0.480. The summed E-state index contributed by atoms with van der Waals surface area (Å²) in [6.45, 7) is 3.93. The molecule has 11 heavy (non-hydrogen) atoms. The second-order valence-corrected chi connectivity index (χ2v) is 3.36. The number of aliphatic hydroxyl groups is 1. The molecule has 0 fully saturated rings. The Bertz CT molecular complexity index is 200. The van der Waals surface area contributed by atoms with Crippen LogP contribution in [0.15, 0.2) is 6.33 Å². The van der Waals surface area contributed by atoms with Gasteiger partial charge in [0.1, 0.15) is 11.3 Å². The van der Waals surface area contributed by atoms with Gasteiger partial charge in [0.15, 0.2) is 0 Å². The first-order chi connectivity index (χ1) is 5.25. The van der Waals surface area contributed by atoms with Gasteiger partial charge in [-0.25, -0.2) is 4.98 Å². The summed E-state index contributed by atoms with van der Waals surface area (Å²) in [7, 11) is 0. The highest BCUT2D eigenvalue weighted by Gasteiger charge is 2.16. The minimum absolute atomic E-state index is 0.118. The van der Waals surface area contributed by atoms with E-state index >= 15 is 0 Å². The van der Waals surface area contributed by atoms with Crippen LogP contribution in [-0.4, -0.2) is 20.6 Å². The Labute approximate surface area is 70.3 Å². The summed E-state index contributed by atoms with van der Waals surface area (Å²) in [5.74, 6) is 0.118. The zero-order valence-corrected chi connectivity index (χ0v) is 7.51. The summed E-state index contributed by atoms with van der Waals surface area (Å²) in [5.41, 5.74) is 0. The van der Waals surface area contributed by atoms with Crippen LogP contribution < -0.4 is 0 Å². The zero-order valence-electron chi connectivity index (χ0n) is 6.69. The van der Waals surface area contributed by atoms with E-state index in [2.05, 4.69) is 9.36 Å². The first-order valence-electron chi connectivity index (χ1n) is 3.70. The largest absolute Gasteiger partial charge is 0.392 e. The van der Waals surface area contributed by atoms with Gasteiger partial charge in [-0.3, -0.25) is 0 Å². The van der Waals surface area contributed by atoms with E-state index in [4.69, 9.17) is 0 Å². The van der Waals surface area contributed by atoms with Crippen molar-refractivity contribution in [1.82, 2.24) is 9.36 Å². The Morgan fingerprint density at radius 3 is 2.91 bits per heavy atom. The molecule has 1 aromatic rings. The lowest BCUT2D eigenvalue weighted by Gasteiger charge is -2.12. The molecule has 1 N–H and O–H groups in total. The number of aliphatic hydroxyl groups excluding tert-OH is 1. The molecule has 0 amide bonds. The minimum Gasteiger partial charge on any atom is -0.392 e. The predicted octanol–water partition coefficient (Wildman–Crippen LogP) is 1.41. The first-order valence-corrected chi connectivity index (χ1v) is 4.47. The lowest BCUT2D eigenvalue weighted by molar-refractivity contribution is 0.145. The van der Waals surface area contributed by atoms with Crippen molar-refractivity contribution in [3.8, 4) is 0 Å². The van der Waals surface area contributed by atoms with Gasteiger partial charge >= 0.3 is 0 Å². The maximum Gasteiger partial charge on any atom is 0.129 e. The number of hydrogen-bond donors (Lipinski definition) is 1. The summed E-state index contributed by atoms with van der Waals surface area (Å²) in [6, 6.07) is 0. The van der Waals surface area contributed by atoms with Gasteiger partial charge in [0.2, 0.25) is 0 Å². The summed E-state index contributed by atoms with van der Waals surface area (Å²) in [4.78, 5) is 4.03. The Morgan fingerprint density at radius 1 is 1.73 bits per heavy atom. The highest BCUT2D eigenvalue weighted by Crippen LogP contribution is 2.20. The molecule has 62 valence electrons. The van der Waals surface area contributed by atoms with Crippen LogP contribution in [0.1, 0.15) is 31.2 Å². The average molecular weight is 172 g/mol. The van der Waals surface area contributed by atoms with Gasteiger partial charge in [0.25, 0.3) is 0 Å². The number of rotatable bonds is 3. The topological polar surface area (TPSA) is 46.0 Å². The van der Waals surface area contributed by atoms with E-state index in [0.717, 1.165) is 11.4 Å². The maximum absolute atomic E-state index is 9.44. The number of nitrogens with zero attached hydrogens (tertiary/aromatic N) is 2. The van der Waals surface area contributed by atoms with Gasteiger partial charge in [-0.15, -0.1) is 0 Å². The second kappa shape index (κ2) is 3.78. The minimum atomic E-state index is -0.289. The highest BCUT2D eigenvalue weighted by atomic mass is 32.1. The molecule has 0 aliphatic heterocycles. The lowest BCUT2D eigenvalue weighted by Crippen LogP contribution is -2.13. The molecule has 0 aliphatic rings. The summed E-state index contributed by atoms with van der Waals surface area (Å²) >= 11 is 1.35. The Balaban J connectivity index is 2.62. The van der Waals surface area contributed by atoms with Crippen molar-refractivity contribution in [2.24, 2.45) is 0 Å². The van der Waals surface area contributed by atoms with Crippen molar-refractivity contribution < 1.29 is 5.11 Å². The van der Waals surface area contributed by atoms with E-state index in [9.17, 15) is 5.11 Å². The molecule has 0 spiro atoms. The van der Waals surface area contributed by atoms with Crippen LogP contribution in [0.25, 0.3) is 0 Å². The second-order valence-electron chi connectivity index (χ2n) is 2.54. The molecular weight excluding hydrogens is 160 g/mol. The molecule has 1 aromatic heterocycles. The molecule has 0 aromatic carbocycles. The van der Waals surface area contributed by atoms with Crippen LogP contribution in [0.2, 0.25) is 0 Å². The van der Waals surface area contributed by atoms with E-state index in [1.807, 2.05) is 13.8 Å². The molecule has 4 heteroatoms. The van der Waals surface area contributed by atoms with Gasteiger partial charge in [0, 0.05) is 5.92 Å². The Morgan fingerprint density at radius 2 is 2.45 bits per heavy atom. The van der Waals surface area contributed by atoms with Crippen molar-refractivity contribution in [3.05, 3.63) is 11.3 Å². The van der Waals surface area contributed by atoms with E-state index in [1.54, 1.807) is 0 Å². The van der Waals surface area contributed by atoms with E-state index in [0.29, 0.717) is 0 Å². The fourth-order valence-electron chi connectivity index (χ4n) is 0.900. The van der Waals surface area contributed by atoms with Crippen LogP contribution in [0, 0.1) is 0 Å². The molecular formula is C7H12N2OS. The van der Waals surface area contributed by atoms with Crippen molar-refractivity contribution in [1.29, 1.82) is 0 Å². The average Bonchev–Trinajstić information content (AvgIpc) is 2.53. The van der Waals surface area contributed by atoms with Gasteiger partial charge < -0.3 is 5.11 Å². The quantitative estimate of drug-likeness (QED) is 0.750. The third kappa shape index (κ3) is 1.97.